The van der Waals surface area contributed by atoms with Crippen molar-refractivity contribution in [1.29, 1.82) is 0 Å². The normalized spacial score (nSPS) is 11.6. The van der Waals surface area contributed by atoms with E-state index in [0.717, 1.165) is 17.1 Å². The molecule has 1 heteroatoms. The second-order valence-corrected chi connectivity index (χ2v) is 11.8. The minimum atomic E-state index is 1.14. The van der Waals surface area contributed by atoms with Crippen molar-refractivity contribution in [3.05, 3.63) is 176 Å². The molecule has 0 aromatic heterocycles. The SMILES string of the molecule is c1ccc(N(c2ccccc2)c2ccc3cc(-c4ccc5c(c4)c4ccccc4c4cc6ccccc6cc54)ccc3c2)cc1. The monoisotopic (exact) mass is 571 g/mol. The molecule has 0 heterocycles. The van der Waals surface area contributed by atoms with Gasteiger partial charge in [-0.15, -0.1) is 0 Å². The van der Waals surface area contributed by atoms with Crippen molar-refractivity contribution in [3.63, 3.8) is 0 Å². The first-order valence-electron chi connectivity index (χ1n) is 15.5. The van der Waals surface area contributed by atoms with Crippen LogP contribution in [-0.4, -0.2) is 0 Å². The zero-order valence-corrected chi connectivity index (χ0v) is 24.7. The van der Waals surface area contributed by atoms with E-state index >= 15 is 0 Å². The van der Waals surface area contributed by atoms with Gasteiger partial charge in [-0.1, -0.05) is 115 Å². The van der Waals surface area contributed by atoms with Crippen molar-refractivity contribution in [1.82, 2.24) is 0 Å². The highest BCUT2D eigenvalue weighted by molar-refractivity contribution is 6.27. The summed E-state index contributed by atoms with van der Waals surface area (Å²) in [5.41, 5.74) is 5.88. The predicted octanol–water partition coefficient (Wildman–Crippen LogP) is 12.6. The molecule has 0 atom stereocenters. The van der Waals surface area contributed by atoms with Crippen molar-refractivity contribution in [2.45, 2.75) is 0 Å². The molecular formula is C44H29N. The van der Waals surface area contributed by atoms with Gasteiger partial charge < -0.3 is 4.90 Å². The van der Waals surface area contributed by atoms with Crippen LogP contribution < -0.4 is 4.90 Å². The first-order chi connectivity index (χ1) is 22.3. The molecule has 1 nitrogen and oxygen atoms in total. The highest BCUT2D eigenvalue weighted by Gasteiger charge is 2.14. The van der Waals surface area contributed by atoms with Crippen LogP contribution in [0.25, 0.3) is 65.0 Å². The van der Waals surface area contributed by atoms with Gasteiger partial charge in [0.1, 0.15) is 0 Å². The molecule has 9 rings (SSSR count). The Morgan fingerprint density at radius 1 is 0.244 bits per heavy atom. The Kier molecular flexibility index (Phi) is 5.89. The Balaban J connectivity index is 1.18. The maximum Gasteiger partial charge on any atom is 0.0468 e. The third-order valence-corrected chi connectivity index (χ3v) is 9.15. The van der Waals surface area contributed by atoms with Gasteiger partial charge in [0.15, 0.2) is 0 Å². The van der Waals surface area contributed by atoms with Gasteiger partial charge in [0.05, 0.1) is 0 Å². The highest BCUT2D eigenvalue weighted by Crippen LogP contribution is 2.40. The van der Waals surface area contributed by atoms with Gasteiger partial charge in [0.25, 0.3) is 0 Å². The Labute approximate surface area is 262 Å². The molecule has 0 spiro atoms. The van der Waals surface area contributed by atoms with Crippen molar-refractivity contribution in [2.75, 3.05) is 4.90 Å². The molecular weight excluding hydrogens is 542 g/mol. The second kappa shape index (κ2) is 10.4. The van der Waals surface area contributed by atoms with Gasteiger partial charge in [-0.2, -0.15) is 0 Å². The Morgan fingerprint density at radius 3 is 1.33 bits per heavy atom. The summed E-state index contributed by atoms with van der Waals surface area (Å²) in [5, 5.41) is 12.8. The maximum absolute atomic E-state index is 2.38. The minimum Gasteiger partial charge on any atom is -0.310 e. The highest BCUT2D eigenvalue weighted by atomic mass is 15.1. The first kappa shape index (κ1) is 25.6. The zero-order valence-electron chi connectivity index (χ0n) is 24.7. The molecule has 0 amide bonds. The van der Waals surface area contributed by atoms with Crippen molar-refractivity contribution in [2.24, 2.45) is 0 Å². The number of benzene rings is 9. The molecule has 9 aromatic carbocycles. The Hall–Kier alpha value is -5.92. The number of para-hydroxylation sites is 2. The quantitative estimate of drug-likeness (QED) is 0.150. The molecule has 0 aliphatic carbocycles. The van der Waals surface area contributed by atoms with Crippen molar-refractivity contribution >= 4 is 70.9 Å². The van der Waals surface area contributed by atoms with Gasteiger partial charge in [-0.05, 0) is 126 Å². The fourth-order valence-electron chi connectivity index (χ4n) is 6.97. The maximum atomic E-state index is 2.38. The molecule has 9 aromatic rings. The fraction of sp³-hybridized carbons (Fsp3) is 0. The third-order valence-electron chi connectivity index (χ3n) is 9.15. The Bertz CT molecular complexity index is 2490. The van der Waals surface area contributed by atoms with Crippen molar-refractivity contribution < 1.29 is 0 Å². The fourth-order valence-corrected chi connectivity index (χ4v) is 6.97. The van der Waals surface area contributed by atoms with E-state index in [2.05, 4.69) is 181 Å². The summed E-state index contributed by atoms with van der Waals surface area (Å²) in [6, 6.07) is 64.0. The molecule has 0 fully saturated rings. The summed E-state index contributed by atoms with van der Waals surface area (Å²) in [4.78, 5) is 2.31. The summed E-state index contributed by atoms with van der Waals surface area (Å²) in [7, 11) is 0. The molecule has 0 radical (unpaired) electrons. The topological polar surface area (TPSA) is 3.24 Å². The molecule has 0 aliphatic rings. The Morgan fingerprint density at radius 2 is 0.689 bits per heavy atom. The van der Waals surface area contributed by atoms with Crippen LogP contribution in [0, 0.1) is 0 Å². The summed E-state index contributed by atoms with van der Waals surface area (Å²) < 4.78 is 0. The van der Waals surface area contributed by atoms with Crippen LogP contribution in [0.2, 0.25) is 0 Å². The van der Waals surface area contributed by atoms with E-state index in [1.165, 1.54) is 65.0 Å². The van der Waals surface area contributed by atoms with Crippen LogP contribution in [0.3, 0.4) is 0 Å². The summed E-state index contributed by atoms with van der Waals surface area (Å²) >= 11 is 0. The lowest BCUT2D eigenvalue weighted by Crippen LogP contribution is -2.09. The first-order valence-corrected chi connectivity index (χ1v) is 15.5. The average Bonchev–Trinajstić information content (AvgIpc) is 3.11. The molecule has 0 N–H and O–H groups in total. The van der Waals surface area contributed by atoms with E-state index in [0.29, 0.717) is 0 Å². The summed E-state index contributed by atoms with van der Waals surface area (Å²) in [6.07, 6.45) is 0. The molecule has 45 heavy (non-hydrogen) atoms. The van der Waals surface area contributed by atoms with Crippen LogP contribution in [0.1, 0.15) is 0 Å². The van der Waals surface area contributed by atoms with Crippen LogP contribution in [0.5, 0.6) is 0 Å². The van der Waals surface area contributed by atoms with Crippen molar-refractivity contribution in [3.8, 4) is 11.1 Å². The lowest BCUT2D eigenvalue weighted by atomic mass is 9.90. The minimum absolute atomic E-state index is 1.14. The van der Waals surface area contributed by atoms with Gasteiger partial charge >= 0.3 is 0 Å². The number of fused-ring (bicyclic) bond motifs is 8. The van der Waals surface area contributed by atoms with Gasteiger partial charge in [0.2, 0.25) is 0 Å². The molecule has 0 saturated heterocycles. The van der Waals surface area contributed by atoms with Gasteiger partial charge in [0, 0.05) is 17.1 Å². The van der Waals surface area contributed by atoms with Gasteiger partial charge in [-0.25, -0.2) is 0 Å². The molecule has 0 aliphatic heterocycles. The molecule has 210 valence electrons. The lowest BCUT2D eigenvalue weighted by molar-refractivity contribution is 1.29. The van der Waals surface area contributed by atoms with Crippen LogP contribution in [0.15, 0.2) is 176 Å². The molecule has 0 unspecified atom stereocenters. The van der Waals surface area contributed by atoms with E-state index in [1.807, 2.05) is 0 Å². The van der Waals surface area contributed by atoms with Crippen LogP contribution in [-0.2, 0) is 0 Å². The zero-order chi connectivity index (χ0) is 29.7. The number of nitrogens with zero attached hydrogens (tertiary/aromatic N) is 1. The van der Waals surface area contributed by atoms with Crippen LogP contribution in [0.4, 0.5) is 17.1 Å². The number of rotatable bonds is 4. The number of hydrogen-bond donors (Lipinski definition) is 0. The number of hydrogen-bond acceptors (Lipinski definition) is 1. The smallest absolute Gasteiger partial charge is 0.0468 e. The van der Waals surface area contributed by atoms with E-state index in [1.54, 1.807) is 0 Å². The van der Waals surface area contributed by atoms with Gasteiger partial charge in [-0.3, -0.25) is 0 Å². The second-order valence-electron chi connectivity index (χ2n) is 11.8. The van der Waals surface area contributed by atoms with E-state index in [4.69, 9.17) is 0 Å². The largest absolute Gasteiger partial charge is 0.310 e. The summed E-state index contributed by atoms with van der Waals surface area (Å²) in [6.45, 7) is 0. The lowest BCUT2D eigenvalue weighted by Gasteiger charge is -2.25. The van der Waals surface area contributed by atoms with E-state index < -0.39 is 0 Å². The van der Waals surface area contributed by atoms with E-state index in [9.17, 15) is 0 Å². The predicted molar refractivity (Wildman–Crippen MR) is 194 cm³/mol. The summed E-state index contributed by atoms with van der Waals surface area (Å²) in [5.74, 6) is 0. The average molecular weight is 572 g/mol. The number of anilines is 3. The third kappa shape index (κ3) is 4.32. The standard InChI is InChI=1S/C44H29N/c1-3-13-36(14-4-1)45(37-15-5-2-6-16-37)38-23-21-33-25-32(19-20-34(33)26-38)35-22-24-41-42(29-35)39-17-9-10-18-40(39)43-27-30-11-7-8-12-31(30)28-44(41)43/h1-29H. The van der Waals surface area contributed by atoms with E-state index in [-0.39, 0.29) is 0 Å². The molecule has 0 bridgehead atoms. The molecule has 0 saturated carbocycles. The van der Waals surface area contributed by atoms with Crippen LogP contribution >= 0.6 is 0 Å².